The van der Waals surface area contributed by atoms with Crippen molar-refractivity contribution >= 4 is 23.2 Å². The van der Waals surface area contributed by atoms with Crippen molar-refractivity contribution in [1.29, 1.82) is 0 Å². The first kappa shape index (κ1) is 29.7. The smallest absolute Gasteiger partial charge is 0.317 e. The fourth-order valence-corrected chi connectivity index (χ4v) is 6.12. The van der Waals surface area contributed by atoms with Gasteiger partial charge in [0.05, 0.1) is 25.3 Å². The minimum atomic E-state index is -0.947. The Labute approximate surface area is 241 Å². The first-order valence-electron chi connectivity index (χ1n) is 14.4. The second-order valence-corrected chi connectivity index (χ2v) is 11.5. The van der Waals surface area contributed by atoms with Gasteiger partial charge in [-0.3, -0.25) is 14.5 Å². The van der Waals surface area contributed by atoms with Crippen LogP contribution in [0, 0.1) is 0 Å². The van der Waals surface area contributed by atoms with Gasteiger partial charge >= 0.3 is 5.97 Å². The van der Waals surface area contributed by atoms with Crippen molar-refractivity contribution in [2.45, 2.75) is 71.4 Å². The predicted molar refractivity (Wildman–Crippen MR) is 160 cm³/mol. The summed E-state index contributed by atoms with van der Waals surface area (Å²) in [6.07, 6.45) is 6.86. The van der Waals surface area contributed by atoms with Crippen molar-refractivity contribution < 1.29 is 19.4 Å². The zero-order chi connectivity index (χ0) is 28.3. The first-order chi connectivity index (χ1) is 19.4. The molecule has 2 aromatic carbocycles. The summed E-state index contributed by atoms with van der Waals surface area (Å²) >= 11 is 1.48. The van der Waals surface area contributed by atoms with Crippen LogP contribution in [0.2, 0.25) is 0 Å². The summed E-state index contributed by atoms with van der Waals surface area (Å²) in [5.41, 5.74) is 4.31. The number of aliphatic carboxylic acids is 1. The summed E-state index contributed by atoms with van der Waals surface area (Å²) in [7, 11) is 0. The van der Waals surface area contributed by atoms with Gasteiger partial charge in [0.25, 0.3) is 0 Å². The van der Waals surface area contributed by atoms with Gasteiger partial charge in [0.2, 0.25) is 5.91 Å². The van der Waals surface area contributed by atoms with Gasteiger partial charge in [-0.1, -0.05) is 63.1 Å². The van der Waals surface area contributed by atoms with Crippen LogP contribution in [0.1, 0.15) is 74.4 Å². The Kier molecular flexibility index (Phi) is 11.1. The van der Waals surface area contributed by atoms with E-state index < -0.39 is 5.97 Å². The molecule has 2 heterocycles. The molecule has 7 nitrogen and oxygen atoms in total. The largest absolute Gasteiger partial charge is 0.489 e. The molecular formula is C32H41N3O4S. The van der Waals surface area contributed by atoms with Gasteiger partial charge in [0.15, 0.2) is 0 Å². The first-order valence-corrected chi connectivity index (χ1v) is 15.3. The Morgan fingerprint density at radius 1 is 1.00 bits per heavy atom. The van der Waals surface area contributed by atoms with Gasteiger partial charge in [-0.05, 0) is 54.9 Å². The van der Waals surface area contributed by atoms with Crippen LogP contribution < -0.4 is 4.74 Å². The normalized spacial score (nSPS) is 13.3. The van der Waals surface area contributed by atoms with E-state index in [0.29, 0.717) is 19.1 Å². The van der Waals surface area contributed by atoms with Crippen LogP contribution in [0.3, 0.4) is 0 Å². The van der Waals surface area contributed by atoms with Gasteiger partial charge in [0, 0.05) is 24.0 Å². The van der Waals surface area contributed by atoms with Crippen LogP contribution in [0.25, 0.3) is 11.3 Å². The van der Waals surface area contributed by atoms with Crippen LogP contribution in [0.15, 0.2) is 53.9 Å². The molecule has 0 atom stereocenters. The molecule has 1 saturated heterocycles. The van der Waals surface area contributed by atoms with Gasteiger partial charge in [-0.2, -0.15) is 0 Å². The van der Waals surface area contributed by atoms with E-state index in [0.717, 1.165) is 53.5 Å². The molecule has 8 heteroatoms. The number of carbonyl (C=O) groups excluding carboxylic acids is 1. The third-order valence-corrected chi connectivity index (χ3v) is 8.20. The van der Waals surface area contributed by atoms with Gasteiger partial charge in [-0.25, -0.2) is 4.98 Å². The van der Waals surface area contributed by atoms with E-state index in [1.165, 1.54) is 42.6 Å². The second kappa shape index (κ2) is 15.0. The predicted octanol–water partition coefficient (Wildman–Crippen LogP) is 6.58. The number of nitrogens with zero attached hydrogens (tertiary/aromatic N) is 3. The SMILES string of the molecule is CCCC(CCC)c1ccc(OCc2ccc(-c3csc(CN(CC(=O)O)CC(=O)N4CCCC4)n3)cc2)cc1. The van der Waals surface area contributed by atoms with E-state index in [2.05, 4.69) is 38.1 Å². The molecule has 40 heavy (non-hydrogen) atoms. The summed E-state index contributed by atoms with van der Waals surface area (Å²) in [4.78, 5) is 32.2. The summed E-state index contributed by atoms with van der Waals surface area (Å²) in [6, 6.07) is 16.7. The number of hydrogen-bond donors (Lipinski definition) is 1. The highest BCUT2D eigenvalue weighted by Crippen LogP contribution is 2.28. The van der Waals surface area contributed by atoms with E-state index in [1.807, 2.05) is 34.5 Å². The summed E-state index contributed by atoms with van der Waals surface area (Å²) in [5, 5.41) is 12.1. The number of thiazole rings is 1. The molecule has 4 rings (SSSR count). The number of carboxylic acids is 1. The highest BCUT2D eigenvalue weighted by atomic mass is 32.1. The average Bonchev–Trinajstić information content (AvgIpc) is 3.65. The Balaban J connectivity index is 1.31. The minimum Gasteiger partial charge on any atom is -0.489 e. The zero-order valence-electron chi connectivity index (χ0n) is 23.7. The summed E-state index contributed by atoms with van der Waals surface area (Å²) in [5.74, 6) is 0.539. The van der Waals surface area contributed by atoms with Crippen molar-refractivity contribution in [2.75, 3.05) is 26.2 Å². The molecule has 1 aromatic heterocycles. The van der Waals surface area contributed by atoms with E-state index in [4.69, 9.17) is 9.72 Å². The van der Waals surface area contributed by atoms with Gasteiger partial charge in [-0.15, -0.1) is 11.3 Å². The Morgan fingerprint density at radius 2 is 1.68 bits per heavy atom. The molecular weight excluding hydrogens is 522 g/mol. The molecule has 214 valence electrons. The van der Waals surface area contributed by atoms with Crippen LogP contribution in [0.4, 0.5) is 0 Å². The molecule has 1 N–H and O–H groups in total. The molecule has 1 amide bonds. The standard InChI is InChI=1S/C32H41N3O4S/c1-3-7-25(8-4-2)26-13-15-28(16-14-26)39-22-24-9-11-27(12-10-24)29-23-40-30(33-29)19-34(21-32(37)38)20-31(36)35-17-5-6-18-35/h9-16,23,25H,3-8,17-22H2,1-2H3,(H,37,38). The molecule has 0 saturated carbocycles. The second-order valence-electron chi connectivity index (χ2n) is 10.6. The lowest BCUT2D eigenvalue weighted by atomic mass is 9.90. The molecule has 0 unspecified atom stereocenters. The molecule has 0 spiro atoms. The third-order valence-electron chi connectivity index (χ3n) is 7.37. The lowest BCUT2D eigenvalue weighted by molar-refractivity contribution is -0.139. The maximum absolute atomic E-state index is 12.6. The molecule has 0 radical (unpaired) electrons. The number of carboxylic acid groups (broad SMARTS) is 1. The Hall–Kier alpha value is -3.23. The number of amides is 1. The van der Waals surface area contributed by atoms with E-state index >= 15 is 0 Å². The lowest BCUT2D eigenvalue weighted by Crippen LogP contribution is -2.40. The lowest BCUT2D eigenvalue weighted by Gasteiger charge is -2.22. The average molecular weight is 564 g/mol. The highest BCUT2D eigenvalue weighted by molar-refractivity contribution is 7.09. The molecule has 0 aliphatic carbocycles. The number of carbonyl (C=O) groups is 2. The molecule has 1 aliphatic heterocycles. The van der Waals surface area contributed by atoms with Gasteiger partial charge < -0.3 is 14.7 Å². The number of hydrogen-bond acceptors (Lipinski definition) is 6. The van der Waals surface area contributed by atoms with Gasteiger partial charge in [0.1, 0.15) is 17.4 Å². The highest BCUT2D eigenvalue weighted by Gasteiger charge is 2.22. The molecule has 0 bridgehead atoms. The van der Waals surface area contributed by atoms with E-state index in [9.17, 15) is 14.7 Å². The van der Waals surface area contributed by atoms with E-state index in [1.54, 1.807) is 4.90 Å². The molecule has 1 aliphatic rings. The number of ether oxygens (including phenoxy) is 1. The molecule has 1 fully saturated rings. The van der Waals surface area contributed by atoms with Crippen molar-refractivity contribution in [2.24, 2.45) is 0 Å². The summed E-state index contributed by atoms with van der Waals surface area (Å²) < 4.78 is 6.04. The Morgan fingerprint density at radius 3 is 2.30 bits per heavy atom. The minimum absolute atomic E-state index is 0.0125. The van der Waals surface area contributed by atoms with Crippen molar-refractivity contribution in [1.82, 2.24) is 14.8 Å². The van der Waals surface area contributed by atoms with Crippen molar-refractivity contribution in [3.63, 3.8) is 0 Å². The van der Waals surface area contributed by atoms with Crippen LogP contribution >= 0.6 is 11.3 Å². The summed E-state index contributed by atoms with van der Waals surface area (Å²) in [6.45, 7) is 6.73. The number of rotatable bonds is 15. The quantitative estimate of drug-likeness (QED) is 0.225. The van der Waals surface area contributed by atoms with Crippen molar-refractivity contribution in [3.8, 4) is 17.0 Å². The maximum Gasteiger partial charge on any atom is 0.317 e. The topological polar surface area (TPSA) is 83.0 Å². The number of benzene rings is 2. The zero-order valence-corrected chi connectivity index (χ0v) is 24.5. The number of aromatic nitrogens is 1. The third kappa shape index (κ3) is 8.63. The monoisotopic (exact) mass is 563 g/mol. The molecule has 3 aromatic rings. The van der Waals surface area contributed by atoms with Crippen LogP contribution in [-0.4, -0.2) is 57.9 Å². The van der Waals surface area contributed by atoms with Crippen LogP contribution in [0.5, 0.6) is 5.75 Å². The number of likely N-dealkylation sites (tertiary alicyclic amines) is 1. The Bertz CT molecular complexity index is 1210. The fraction of sp³-hybridized carbons (Fsp3) is 0.469. The van der Waals surface area contributed by atoms with Crippen LogP contribution in [-0.2, 0) is 22.7 Å². The van der Waals surface area contributed by atoms with Crippen molar-refractivity contribution in [3.05, 3.63) is 70.0 Å². The van der Waals surface area contributed by atoms with E-state index in [-0.39, 0.29) is 19.0 Å². The maximum atomic E-state index is 12.6. The fourth-order valence-electron chi connectivity index (χ4n) is 5.27.